The Labute approximate surface area is 104 Å². The lowest BCUT2D eigenvalue weighted by atomic mass is 10.2. The largest absolute Gasteiger partial charge is 0.325 e. The Morgan fingerprint density at radius 2 is 2.06 bits per heavy atom. The molecule has 0 saturated heterocycles. The van der Waals surface area contributed by atoms with Crippen LogP contribution in [0.15, 0.2) is 18.2 Å². The molecule has 0 aliphatic rings. The Morgan fingerprint density at radius 1 is 1.44 bits per heavy atom. The normalized spacial score (nSPS) is 9.94. The summed E-state index contributed by atoms with van der Waals surface area (Å²) in [5.41, 5.74) is -0.866. The van der Waals surface area contributed by atoms with Gasteiger partial charge in [0.15, 0.2) is 11.5 Å². The molecule has 1 aromatic carbocycles. The number of amides is 2. The number of nitrogens with one attached hydrogen (secondary N) is 1. The molecule has 0 spiro atoms. The van der Waals surface area contributed by atoms with Crippen LogP contribution in [0.5, 0.6) is 0 Å². The number of nitrogens with zero attached hydrogens (tertiary/aromatic N) is 2. The van der Waals surface area contributed by atoms with Crippen molar-refractivity contribution in [2.24, 2.45) is 0 Å². The second-order valence-corrected chi connectivity index (χ2v) is 3.49. The molecule has 0 bridgehead atoms. The third-order valence-corrected chi connectivity index (χ3v) is 2.47. The molecule has 98 valence electrons. The highest BCUT2D eigenvalue weighted by Gasteiger charge is 2.21. The molecule has 18 heavy (non-hydrogen) atoms. The predicted molar refractivity (Wildman–Crippen MR) is 65.0 cm³/mol. The third-order valence-electron chi connectivity index (χ3n) is 2.47. The van der Waals surface area contributed by atoms with Gasteiger partial charge in [-0.25, -0.2) is 9.18 Å². The van der Waals surface area contributed by atoms with Crippen LogP contribution >= 0.6 is 0 Å². The molecular weight excluding hydrogens is 241 g/mol. The minimum absolute atomic E-state index is 0.403. The number of nitro benzene ring substituents is 1. The van der Waals surface area contributed by atoms with E-state index in [-0.39, 0.29) is 0 Å². The van der Waals surface area contributed by atoms with Crippen molar-refractivity contribution in [2.75, 3.05) is 18.4 Å². The molecule has 0 saturated carbocycles. The van der Waals surface area contributed by atoms with E-state index >= 15 is 0 Å². The number of hydrogen-bond acceptors (Lipinski definition) is 3. The van der Waals surface area contributed by atoms with Gasteiger partial charge in [0.2, 0.25) is 0 Å². The van der Waals surface area contributed by atoms with E-state index < -0.39 is 28.1 Å². The van der Waals surface area contributed by atoms with Gasteiger partial charge in [-0.3, -0.25) is 15.4 Å². The minimum Gasteiger partial charge on any atom is -0.325 e. The number of carbonyl (C=O) groups excluding carboxylic acids is 1. The Morgan fingerprint density at radius 3 is 2.56 bits per heavy atom. The van der Waals surface area contributed by atoms with Crippen molar-refractivity contribution in [2.45, 2.75) is 13.8 Å². The lowest BCUT2D eigenvalue weighted by Crippen LogP contribution is -2.34. The van der Waals surface area contributed by atoms with Crippen LogP contribution in [0.4, 0.5) is 20.6 Å². The quantitative estimate of drug-likeness (QED) is 0.663. The van der Waals surface area contributed by atoms with Gasteiger partial charge in [0.25, 0.3) is 5.69 Å². The van der Waals surface area contributed by atoms with Gasteiger partial charge >= 0.3 is 6.03 Å². The number of nitro groups is 1. The molecule has 6 nitrogen and oxygen atoms in total. The summed E-state index contributed by atoms with van der Waals surface area (Å²) in [5, 5.41) is 13.0. The Balaban J connectivity index is 3.03. The first-order valence-corrected chi connectivity index (χ1v) is 5.50. The molecular formula is C11H14FN3O3. The summed E-state index contributed by atoms with van der Waals surface area (Å²) in [4.78, 5) is 23.1. The highest BCUT2D eigenvalue weighted by atomic mass is 19.1. The molecule has 0 unspecified atom stereocenters. The summed E-state index contributed by atoms with van der Waals surface area (Å²) < 4.78 is 13.5. The molecule has 7 heteroatoms. The number of rotatable bonds is 4. The van der Waals surface area contributed by atoms with Crippen LogP contribution in [-0.4, -0.2) is 28.9 Å². The smallest absolute Gasteiger partial charge is 0.322 e. The number of hydrogen-bond donors (Lipinski definition) is 1. The average molecular weight is 255 g/mol. The number of benzene rings is 1. The lowest BCUT2D eigenvalue weighted by molar-refractivity contribution is -0.384. The molecule has 0 radical (unpaired) electrons. The van der Waals surface area contributed by atoms with E-state index in [1.54, 1.807) is 13.8 Å². The number of halogens is 1. The summed E-state index contributed by atoms with van der Waals surface area (Å²) in [6, 6.07) is 2.86. The van der Waals surface area contributed by atoms with Crippen molar-refractivity contribution in [3.63, 3.8) is 0 Å². The first kappa shape index (κ1) is 13.9. The molecule has 1 N–H and O–H groups in total. The fourth-order valence-electron chi connectivity index (χ4n) is 1.49. The van der Waals surface area contributed by atoms with Gasteiger partial charge in [-0.15, -0.1) is 0 Å². The van der Waals surface area contributed by atoms with Gasteiger partial charge in [-0.1, -0.05) is 6.07 Å². The summed E-state index contributed by atoms with van der Waals surface area (Å²) in [7, 11) is 0. The topological polar surface area (TPSA) is 75.5 Å². The van der Waals surface area contributed by atoms with Crippen LogP contribution in [0.2, 0.25) is 0 Å². The van der Waals surface area contributed by atoms with Gasteiger partial charge in [-0.05, 0) is 19.9 Å². The number of anilines is 1. The van der Waals surface area contributed by atoms with E-state index in [0.29, 0.717) is 13.1 Å². The van der Waals surface area contributed by atoms with Crippen molar-refractivity contribution >= 4 is 17.4 Å². The number of urea groups is 1. The lowest BCUT2D eigenvalue weighted by Gasteiger charge is -2.19. The van der Waals surface area contributed by atoms with Gasteiger partial charge in [0, 0.05) is 19.2 Å². The first-order valence-electron chi connectivity index (χ1n) is 5.50. The Bertz CT molecular complexity index is 461. The molecule has 0 atom stereocenters. The molecule has 0 aromatic heterocycles. The van der Waals surface area contributed by atoms with Crippen LogP contribution < -0.4 is 5.32 Å². The molecule has 0 fully saturated rings. The monoisotopic (exact) mass is 255 g/mol. The molecule has 0 aliphatic heterocycles. The van der Waals surface area contributed by atoms with Crippen molar-refractivity contribution in [3.8, 4) is 0 Å². The SMILES string of the molecule is CCN(CC)C(=O)Nc1c(F)cccc1[N+](=O)[O-]. The molecule has 1 rings (SSSR count). The van der Waals surface area contributed by atoms with E-state index in [4.69, 9.17) is 0 Å². The Kier molecular flexibility index (Phi) is 4.59. The van der Waals surface area contributed by atoms with E-state index in [9.17, 15) is 19.3 Å². The summed E-state index contributed by atoms with van der Waals surface area (Å²) >= 11 is 0. The zero-order valence-corrected chi connectivity index (χ0v) is 10.1. The number of carbonyl (C=O) groups is 1. The summed E-state index contributed by atoms with van der Waals surface area (Å²) in [5.74, 6) is -0.829. The third kappa shape index (κ3) is 2.93. The van der Waals surface area contributed by atoms with Crippen molar-refractivity contribution < 1.29 is 14.1 Å². The maximum absolute atomic E-state index is 13.5. The minimum atomic E-state index is -0.829. The highest BCUT2D eigenvalue weighted by molar-refractivity contribution is 5.92. The molecule has 0 aliphatic carbocycles. The highest BCUT2D eigenvalue weighted by Crippen LogP contribution is 2.27. The second kappa shape index (κ2) is 5.95. The predicted octanol–water partition coefficient (Wildman–Crippen LogP) is 2.61. The van der Waals surface area contributed by atoms with E-state index in [0.717, 1.165) is 12.1 Å². The number of para-hydroxylation sites is 1. The fraction of sp³-hybridized carbons (Fsp3) is 0.364. The van der Waals surface area contributed by atoms with Gasteiger partial charge in [0.1, 0.15) is 0 Å². The average Bonchev–Trinajstić information content (AvgIpc) is 2.33. The van der Waals surface area contributed by atoms with E-state index in [1.807, 2.05) is 0 Å². The first-order chi connectivity index (χ1) is 8.51. The maximum atomic E-state index is 13.5. The van der Waals surface area contributed by atoms with Crippen LogP contribution in [0.1, 0.15) is 13.8 Å². The zero-order valence-electron chi connectivity index (χ0n) is 10.1. The Hall–Kier alpha value is -2.18. The molecule has 2 amide bonds. The van der Waals surface area contributed by atoms with Crippen molar-refractivity contribution in [3.05, 3.63) is 34.1 Å². The van der Waals surface area contributed by atoms with Gasteiger partial charge in [-0.2, -0.15) is 0 Å². The standard InChI is InChI=1S/C11H14FN3O3/c1-3-14(4-2)11(16)13-10-8(12)6-5-7-9(10)15(17)18/h5-7H,3-4H2,1-2H3,(H,13,16). The molecule has 1 aromatic rings. The van der Waals surface area contributed by atoms with Crippen LogP contribution in [-0.2, 0) is 0 Å². The van der Waals surface area contributed by atoms with Crippen molar-refractivity contribution in [1.82, 2.24) is 4.90 Å². The fourth-order valence-corrected chi connectivity index (χ4v) is 1.49. The van der Waals surface area contributed by atoms with Crippen LogP contribution in [0, 0.1) is 15.9 Å². The molecule has 0 heterocycles. The maximum Gasteiger partial charge on any atom is 0.322 e. The van der Waals surface area contributed by atoms with Crippen LogP contribution in [0.25, 0.3) is 0 Å². The van der Waals surface area contributed by atoms with Crippen LogP contribution in [0.3, 0.4) is 0 Å². The summed E-state index contributed by atoms with van der Waals surface area (Å²) in [6.07, 6.45) is 0. The van der Waals surface area contributed by atoms with E-state index in [1.165, 1.54) is 11.0 Å². The second-order valence-electron chi connectivity index (χ2n) is 3.49. The van der Waals surface area contributed by atoms with E-state index in [2.05, 4.69) is 5.32 Å². The summed E-state index contributed by atoms with van der Waals surface area (Å²) in [6.45, 7) is 4.40. The van der Waals surface area contributed by atoms with Gasteiger partial charge < -0.3 is 4.90 Å². The van der Waals surface area contributed by atoms with Crippen molar-refractivity contribution in [1.29, 1.82) is 0 Å². The zero-order chi connectivity index (χ0) is 13.7. The van der Waals surface area contributed by atoms with Gasteiger partial charge in [0.05, 0.1) is 4.92 Å².